The number of ether oxygens (including phenoxy) is 1. The standard InChI is InChI=1S/C17H19N3O5S/c1-20(17(22)25-2)15-9-7-13(8-10-15)18-16(21)12-5-4-6-14(11-12)19-26(3,23)24/h4-11,19H,1-3H3,(H,18,21). The molecule has 26 heavy (non-hydrogen) atoms. The summed E-state index contributed by atoms with van der Waals surface area (Å²) in [6, 6.07) is 12.8. The maximum atomic E-state index is 12.3. The summed E-state index contributed by atoms with van der Waals surface area (Å²) in [6.07, 6.45) is 0.532. The molecule has 9 heteroatoms. The molecule has 2 aromatic rings. The van der Waals surface area contributed by atoms with Gasteiger partial charge in [-0.3, -0.25) is 14.4 Å². The number of nitrogens with zero attached hydrogens (tertiary/aromatic N) is 1. The molecular formula is C17H19N3O5S. The van der Waals surface area contributed by atoms with E-state index in [0.717, 1.165) is 6.26 Å². The Morgan fingerprint density at radius 2 is 1.69 bits per heavy atom. The van der Waals surface area contributed by atoms with Gasteiger partial charge in [-0.05, 0) is 42.5 Å². The lowest BCUT2D eigenvalue weighted by molar-refractivity contribution is 0.102. The van der Waals surface area contributed by atoms with Gasteiger partial charge in [0.1, 0.15) is 0 Å². The fourth-order valence-electron chi connectivity index (χ4n) is 2.15. The highest BCUT2D eigenvalue weighted by molar-refractivity contribution is 7.92. The van der Waals surface area contributed by atoms with Gasteiger partial charge >= 0.3 is 6.09 Å². The Hall–Kier alpha value is -3.07. The molecule has 2 aromatic carbocycles. The molecule has 0 saturated heterocycles. The van der Waals surface area contributed by atoms with Crippen molar-refractivity contribution in [3.63, 3.8) is 0 Å². The van der Waals surface area contributed by atoms with Crippen molar-refractivity contribution < 1.29 is 22.7 Å². The fourth-order valence-corrected chi connectivity index (χ4v) is 2.71. The second-order valence-corrected chi connectivity index (χ2v) is 7.23. The SMILES string of the molecule is COC(=O)N(C)c1ccc(NC(=O)c2cccc(NS(C)(=O)=O)c2)cc1. The Bertz CT molecular complexity index is 910. The van der Waals surface area contributed by atoms with Crippen molar-refractivity contribution in [1.29, 1.82) is 0 Å². The number of anilines is 3. The van der Waals surface area contributed by atoms with Crippen LogP contribution < -0.4 is 14.9 Å². The van der Waals surface area contributed by atoms with E-state index in [1.165, 1.54) is 18.1 Å². The first-order chi connectivity index (χ1) is 12.2. The fraction of sp³-hybridized carbons (Fsp3) is 0.176. The molecule has 0 aromatic heterocycles. The molecular weight excluding hydrogens is 358 g/mol. The molecule has 0 saturated carbocycles. The van der Waals surface area contributed by atoms with E-state index in [-0.39, 0.29) is 0 Å². The normalized spacial score (nSPS) is 10.7. The van der Waals surface area contributed by atoms with Crippen molar-refractivity contribution in [2.45, 2.75) is 0 Å². The van der Waals surface area contributed by atoms with E-state index in [1.807, 2.05) is 0 Å². The summed E-state index contributed by atoms with van der Waals surface area (Å²) >= 11 is 0. The van der Waals surface area contributed by atoms with Crippen LogP contribution in [0.25, 0.3) is 0 Å². The summed E-state index contributed by atoms with van der Waals surface area (Å²) in [5.41, 5.74) is 1.73. The number of amides is 2. The zero-order chi connectivity index (χ0) is 19.3. The number of sulfonamides is 1. The van der Waals surface area contributed by atoms with Crippen molar-refractivity contribution in [3.8, 4) is 0 Å². The summed E-state index contributed by atoms with van der Waals surface area (Å²) in [7, 11) is -0.564. The van der Waals surface area contributed by atoms with Crippen LogP contribution in [-0.4, -0.2) is 40.8 Å². The average Bonchev–Trinajstić information content (AvgIpc) is 2.59. The molecule has 0 unspecified atom stereocenters. The Balaban J connectivity index is 2.10. The predicted octanol–water partition coefficient (Wildman–Crippen LogP) is 2.51. The number of methoxy groups -OCH3 is 1. The van der Waals surface area contributed by atoms with Crippen LogP contribution in [0.1, 0.15) is 10.4 Å². The number of carbonyl (C=O) groups is 2. The van der Waals surface area contributed by atoms with Gasteiger partial charge in [0.05, 0.1) is 13.4 Å². The van der Waals surface area contributed by atoms with E-state index < -0.39 is 22.0 Å². The lowest BCUT2D eigenvalue weighted by Gasteiger charge is -2.16. The minimum Gasteiger partial charge on any atom is -0.452 e. The van der Waals surface area contributed by atoms with Crippen LogP contribution in [0.15, 0.2) is 48.5 Å². The summed E-state index contributed by atoms with van der Waals surface area (Å²) in [6.45, 7) is 0. The molecule has 138 valence electrons. The van der Waals surface area contributed by atoms with Crippen molar-refractivity contribution in [2.24, 2.45) is 0 Å². The quantitative estimate of drug-likeness (QED) is 0.833. The number of hydrogen-bond donors (Lipinski definition) is 2. The van der Waals surface area contributed by atoms with Crippen molar-refractivity contribution in [1.82, 2.24) is 0 Å². The second-order valence-electron chi connectivity index (χ2n) is 5.49. The lowest BCUT2D eigenvalue weighted by atomic mass is 10.2. The molecule has 0 atom stereocenters. The summed E-state index contributed by atoms with van der Waals surface area (Å²) in [5.74, 6) is -0.392. The van der Waals surface area contributed by atoms with E-state index in [1.54, 1.807) is 49.5 Å². The van der Waals surface area contributed by atoms with Crippen LogP contribution in [-0.2, 0) is 14.8 Å². The van der Waals surface area contributed by atoms with Crippen LogP contribution >= 0.6 is 0 Å². The van der Waals surface area contributed by atoms with E-state index >= 15 is 0 Å². The van der Waals surface area contributed by atoms with Gasteiger partial charge in [-0.15, -0.1) is 0 Å². The largest absolute Gasteiger partial charge is 0.452 e. The summed E-state index contributed by atoms with van der Waals surface area (Å²) < 4.78 is 29.5. The third kappa shape index (κ3) is 5.21. The van der Waals surface area contributed by atoms with Crippen LogP contribution in [0.5, 0.6) is 0 Å². The zero-order valence-electron chi connectivity index (χ0n) is 14.5. The molecule has 0 spiro atoms. The Kier molecular flexibility index (Phi) is 5.83. The average molecular weight is 377 g/mol. The molecule has 2 amide bonds. The van der Waals surface area contributed by atoms with Gasteiger partial charge in [0.2, 0.25) is 10.0 Å². The van der Waals surface area contributed by atoms with Crippen LogP contribution in [0.2, 0.25) is 0 Å². The topological polar surface area (TPSA) is 105 Å². The highest BCUT2D eigenvalue weighted by Gasteiger charge is 2.12. The van der Waals surface area contributed by atoms with Crippen molar-refractivity contribution in [2.75, 3.05) is 35.4 Å². The number of benzene rings is 2. The highest BCUT2D eigenvalue weighted by Crippen LogP contribution is 2.19. The van der Waals surface area contributed by atoms with E-state index in [0.29, 0.717) is 22.6 Å². The molecule has 0 heterocycles. The Morgan fingerprint density at radius 3 is 2.27 bits per heavy atom. The van der Waals surface area contributed by atoms with Gasteiger partial charge in [-0.1, -0.05) is 6.07 Å². The first kappa shape index (κ1) is 19.3. The molecule has 0 bridgehead atoms. The number of nitrogens with one attached hydrogen (secondary N) is 2. The van der Waals surface area contributed by atoms with Gasteiger partial charge in [-0.25, -0.2) is 13.2 Å². The maximum Gasteiger partial charge on any atom is 0.413 e. The van der Waals surface area contributed by atoms with Crippen LogP contribution in [0, 0.1) is 0 Å². The van der Waals surface area contributed by atoms with Crippen LogP contribution in [0.4, 0.5) is 21.9 Å². The first-order valence-electron chi connectivity index (χ1n) is 7.50. The van der Waals surface area contributed by atoms with Crippen molar-refractivity contribution >= 4 is 39.1 Å². The third-order valence-electron chi connectivity index (χ3n) is 3.39. The number of carbonyl (C=O) groups excluding carboxylic acids is 2. The smallest absolute Gasteiger partial charge is 0.413 e. The predicted molar refractivity (Wildman–Crippen MR) is 100 cm³/mol. The molecule has 0 aliphatic rings. The minimum absolute atomic E-state index is 0.300. The first-order valence-corrected chi connectivity index (χ1v) is 9.39. The van der Waals surface area contributed by atoms with E-state index in [9.17, 15) is 18.0 Å². The van der Waals surface area contributed by atoms with E-state index in [4.69, 9.17) is 0 Å². The molecule has 2 N–H and O–H groups in total. The molecule has 0 radical (unpaired) electrons. The second kappa shape index (κ2) is 7.87. The maximum absolute atomic E-state index is 12.3. The highest BCUT2D eigenvalue weighted by atomic mass is 32.2. The zero-order valence-corrected chi connectivity index (χ0v) is 15.3. The lowest BCUT2D eigenvalue weighted by Crippen LogP contribution is -2.25. The summed E-state index contributed by atoms with van der Waals surface area (Å²) in [4.78, 5) is 25.1. The Labute approximate surface area is 151 Å². The van der Waals surface area contributed by atoms with Crippen LogP contribution in [0.3, 0.4) is 0 Å². The Morgan fingerprint density at radius 1 is 1.04 bits per heavy atom. The molecule has 8 nitrogen and oxygen atoms in total. The molecule has 0 fully saturated rings. The summed E-state index contributed by atoms with van der Waals surface area (Å²) in [5, 5.41) is 2.71. The van der Waals surface area contributed by atoms with Gasteiger partial charge in [0.15, 0.2) is 0 Å². The minimum atomic E-state index is -3.42. The van der Waals surface area contributed by atoms with Gasteiger partial charge < -0.3 is 10.1 Å². The van der Waals surface area contributed by atoms with Gasteiger partial charge in [-0.2, -0.15) is 0 Å². The monoisotopic (exact) mass is 377 g/mol. The van der Waals surface area contributed by atoms with E-state index in [2.05, 4.69) is 14.8 Å². The number of rotatable bonds is 5. The molecule has 0 aliphatic carbocycles. The van der Waals surface area contributed by atoms with Gasteiger partial charge in [0, 0.05) is 29.7 Å². The van der Waals surface area contributed by atoms with Gasteiger partial charge in [0.25, 0.3) is 5.91 Å². The number of hydrogen-bond acceptors (Lipinski definition) is 5. The molecule has 0 aliphatic heterocycles. The molecule has 2 rings (SSSR count). The van der Waals surface area contributed by atoms with Crippen molar-refractivity contribution in [3.05, 3.63) is 54.1 Å². The third-order valence-corrected chi connectivity index (χ3v) is 4.00.